The van der Waals surface area contributed by atoms with Crippen LogP contribution in [-0.4, -0.2) is 71.6 Å². The van der Waals surface area contributed by atoms with E-state index in [1.54, 1.807) is 30.3 Å². The predicted molar refractivity (Wildman–Crippen MR) is 122 cm³/mol. The van der Waals surface area contributed by atoms with Crippen LogP contribution in [0.2, 0.25) is 0 Å². The lowest BCUT2D eigenvalue weighted by Crippen LogP contribution is -2.64. The average molecular weight is 502 g/mol. The fraction of sp³-hybridized carbons (Fsp3) is 0.684. The van der Waals surface area contributed by atoms with Gasteiger partial charge in [-0.25, -0.2) is 4.39 Å². The van der Waals surface area contributed by atoms with Crippen LogP contribution in [0.5, 0.6) is 0 Å². The minimum atomic E-state index is -1.98. The van der Waals surface area contributed by atoms with E-state index in [9.17, 15) is 10.2 Å². The first-order valence-corrected chi connectivity index (χ1v) is 10.9. The second-order valence-corrected chi connectivity index (χ2v) is 8.29. The molecule has 2 fully saturated rings. The molecule has 2 N–H and O–H groups in total. The van der Waals surface area contributed by atoms with Gasteiger partial charge in [0, 0.05) is 31.6 Å². The maximum absolute atomic E-state index is 15.9. The summed E-state index contributed by atoms with van der Waals surface area (Å²) in [5.74, 6) is -1.25. The van der Waals surface area contributed by atoms with Crippen LogP contribution in [0, 0.1) is 5.92 Å². The van der Waals surface area contributed by atoms with Gasteiger partial charge in [0.05, 0.1) is 49.7 Å². The lowest BCUT2D eigenvalue weighted by atomic mass is 9.72. The summed E-state index contributed by atoms with van der Waals surface area (Å²) in [5, 5.41) is 35.5. The van der Waals surface area contributed by atoms with Crippen molar-refractivity contribution in [3.05, 3.63) is 77.7 Å². The lowest BCUT2D eigenvalue weighted by Gasteiger charge is -2.49. The highest BCUT2D eigenvalue weighted by Gasteiger charge is 2.55. The SMILES string of the molecule is [N-]=[N+]=NC[C@H]1O[C@H](C2C(N=[N+]=[N-])CC(N=[N+]=[N-])[C@H](O)[C@H]2O)C(N=[N+]=[N-])[C@@H](F)[C@@H]1OCc1ccccc1. The summed E-state index contributed by atoms with van der Waals surface area (Å²) in [5.41, 5.74) is 36.5. The summed E-state index contributed by atoms with van der Waals surface area (Å²) in [4.78, 5) is 10.8. The van der Waals surface area contributed by atoms with E-state index in [1.165, 1.54) is 0 Å². The third-order valence-corrected chi connectivity index (χ3v) is 6.32. The van der Waals surface area contributed by atoms with Gasteiger partial charge in [0.1, 0.15) is 12.3 Å². The Bertz CT molecular complexity index is 1090. The number of azide groups is 4. The Balaban J connectivity index is 1.96. The molecule has 17 heteroatoms. The van der Waals surface area contributed by atoms with Crippen LogP contribution in [0.3, 0.4) is 0 Å². The van der Waals surface area contributed by atoms with E-state index >= 15 is 4.39 Å². The number of aliphatic hydroxyl groups excluding tert-OH is 2. The minimum absolute atomic E-state index is 0.0182. The van der Waals surface area contributed by atoms with Gasteiger partial charge in [-0.3, -0.25) is 0 Å². The van der Waals surface area contributed by atoms with Crippen LogP contribution in [0.1, 0.15) is 12.0 Å². The number of hydrogen-bond donors (Lipinski definition) is 2. The first-order chi connectivity index (χ1) is 17.5. The maximum atomic E-state index is 15.9. The van der Waals surface area contributed by atoms with Gasteiger partial charge < -0.3 is 19.7 Å². The van der Waals surface area contributed by atoms with Gasteiger partial charge in [0.15, 0.2) is 0 Å². The van der Waals surface area contributed by atoms with E-state index in [1.807, 2.05) is 0 Å². The van der Waals surface area contributed by atoms with E-state index in [0.717, 1.165) is 5.56 Å². The molecule has 1 saturated heterocycles. The Morgan fingerprint density at radius 2 is 1.61 bits per heavy atom. The van der Waals surface area contributed by atoms with Crippen molar-refractivity contribution in [2.45, 2.75) is 67.8 Å². The molecule has 0 aromatic heterocycles. The molecule has 0 spiro atoms. The van der Waals surface area contributed by atoms with Crippen molar-refractivity contribution in [1.29, 1.82) is 0 Å². The van der Waals surface area contributed by atoms with Crippen LogP contribution in [0.15, 0.2) is 50.8 Å². The Labute approximate surface area is 203 Å². The maximum Gasteiger partial charge on any atom is 0.140 e. The normalized spacial score (nSPS) is 35.8. The second kappa shape index (κ2) is 12.8. The third kappa shape index (κ3) is 5.89. The smallest absolute Gasteiger partial charge is 0.140 e. The number of nitrogens with zero attached hydrogens (tertiary/aromatic N) is 12. The molecule has 0 radical (unpaired) electrons. The molecular formula is C19H23FN12O4. The Morgan fingerprint density at radius 1 is 0.944 bits per heavy atom. The number of ether oxygens (including phenoxy) is 2. The summed E-state index contributed by atoms with van der Waals surface area (Å²) in [6, 6.07) is 5.07. The summed E-state index contributed by atoms with van der Waals surface area (Å²) in [6.45, 7) is -0.371. The molecule has 36 heavy (non-hydrogen) atoms. The quantitative estimate of drug-likeness (QED) is 0.290. The van der Waals surface area contributed by atoms with Crippen molar-refractivity contribution >= 4 is 0 Å². The Hall–Kier alpha value is -3.77. The molecule has 1 heterocycles. The van der Waals surface area contributed by atoms with Gasteiger partial charge in [-0.05, 0) is 34.1 Å². The molecule has 3 rings (SSSR count). The van der Waals surface area contributed by atoms with Crippen LogP contribution in [0.25, 0.3) is 41.8 Å². The molecule has 1 aliphatic heterocycles. The second-order valence-electron chi connectivity index (χ2n) is 8.29. The number of aliphatic hydroxyl groups is 2. The minimum Gasteiger partial charge on any atom is -0.390 e. The molecule has 1 saturated carbocycles. The first kappa shape index (κ1) is 26.8. The molecule has 1 aliphatic carbocycles. The van der Waals surface area contributed by atoms with Gasteiger partial charge >= 0.3 is 0 Å². The highest BCUT2D eigenvalue weighted by Crippen LogP contribution is 2.40. The van der Waals surface area contributed by atoms with Gasteiger partial charge in [-0.1, -0.05) is 50.8 Å². The number of rotatable bonds is 9. The van der Waals surface area contributed by atoms with E-state index in [-0.39, 0.29) is 19.6 Å². The molecule has 4 unspecified atom stereocenters. The lowest BCUT2D eigenvalue weighted by molar-refractivity contribution is -0.212. The number of benzene rings is 1. The summed E-state index contributed by atoms with van der Waals surface area (Å²) < 4.78 is 27.7. The van der Waals surface area contributed by atoms with Crippen LogP contribution >= 0.6 is 0 Å². The van der Waals surface area contributed by atoms with E-state index < -0.39 is 60.7 Å². The van der Waals surface area contributed by atoms with Gasteiger partial charge in [0.2, 0.25) is 0 Å². The van der Waals surface area contributed by atoms with E-state index in [0.29, 0.717) is 0 Å². The van der Waals surface area contributed by atoms with Crippen molar-refractivity contribution < 1.29 is 24.1 Å². The highest BCUT2D eigenvalue weighted by atomic mass is 19.1. The standard InChI is InChI=1S/C19H23FN12O4/c20-14-15(28-32-24)19(13-10(26-30-22)6-11(27-31-23)16(33)17(13)34)36-12(7-25-29-21)18(14)35-8-9-4-2-1-3-5-9/h1-5,10-19,33-34H,6-8H2/t10?,11?,12-,13?,14-,15?,16+,17+,18-,19-/m1/s1. The number of halogens is 1. The molecule has 1 aromatic rings. The molecule has 10 atom stereocenters. The van der Waals surface area contributed by atoms with Crippen molar-refractivity contribution in [2.24, 2.45) is 26.4 Å². The zero-order valence-electron chi connectivity index (χ0n) is 18.7. The average Bonchev–Trinajstić information content (AvgIpc) is 2.88. The van der Waals surface area contributed by atoms with Gasteiger partial charge in [-0.15, -0.1) is 0 Å². The van der Waals surface area contributed by atoms with Crippen LogP contribution in [0.4, 0.5) is 4.39 Å². The number of hydrogen-bond acceptors (Lipinski definition) is 8. The molecular weight excluding hydrogens is 479 g/mol. The zero-order valence-corrected chi connectivity index (χ0v) is 18.7. The van der Waals surface area contributed by atoms with E-state index in [4.69, 9.17) is 31.6 Å². The largest absolute Gasteiger partial charge is 0.390 e. The van der Waals surface area contributed by atoms with Gasteiger partial charge in [0.25, 0.3) is 0 Å². The molecule has 1 aromatic carbocycles. The Kier molecular flexibility index (Phi) is 9.53. The first-order valence-electron chi connectivity index (χ1n) is 10.9. The summed E-state index contributed by atoms with van der Waals surface area (Å²) >= 11 is 0. The van der Waals surface area contributed by atoms with Crippen molar-refractivity contribution in [3.63, 3.8) is 0 Å². The molecule has 2 aliphatic rings. The summed E-state index contributed by atoms with van der Waals surface area (Å²) in [6.07, 6.45) is -9.33. The highest BCUT2D eigenvalue weighted by molar-refractivity contribution is 5.14. The monoisotopic (exact) mass is 502 g/mol. The van der Waals surface area contributed by atoms with Crippen molar-refractivity contribution in [1.82, 2.24) is 0 Å². The third-order valence-electron chi connectivity index (χ3n) is 6.32. The predicted octanol–water partition coefficient (Wildman–Crippen LogP) is 3.77. The molecule has 0 amide bonds. The van der Waals surface area contributed by atoms with Crippen molar-refractivity contribution in [2.75, 3.05) is 6.54 Å². The van der Waals surface area contributed by atoms with Crippen LogP contribution in [-0.2, 0) is 16.1 Å². The topological polar surface area (TPSA) is 254 Å². The number of alkyl halides is 1. The summed E-state index contributed by atoms with van der Waals surface area (Å²) in [7, 11) is 0. The zero-order chi connectivity index (χ0) is 26.1. The van der Waals surface area contributed by atoms with Crippen LogP contribution < -0.4 is 0 Å². The van der Waals surface area contributed by atoms with Crippen molar-refractivity contribution in [3.8, 4) is 0 Å². The fourth-order valence-corrected chi connectivity index (χ4v) is 4.69. The molecule has 0 bridgehead atoms. The molecule has 16 nitrogen and oxygen atoms in total. The Morgan fingerprint density at radius 3 is 2.25 bits per heavy atom. The fourth-order valence-electron chi connectivity index (χ4n) is 4.69. The van der Waals surface area contributed by atoms with E-state index in [2.05, 4.69) is 40.1 Å². The molecule has 190 valence electrons. The van der Waals surface area contributed by atoms with Gasteiger partial charge in [-0.2, -0.15) is 0 Å².